The first-order chi connectivity index (χ1) is 10.3. The highest BCUT2D eigenvalue weighted by Gasteiger charge is 2.40. The van der Waals surface area contributed by atoms with E-state index in [1.54, 1.807) is 13.2 Å². The van der Waals surface area contributed by atoms with Gasteiger partial charge in [-0.2, -0.15) is 0 Å². The van der Waals surface area contributed by atoms with Crippen molar-refractivity contribution < 1.29 is 4.74 Å². The van der Waals surface area contributed by atoms with E-state index < -0.39 is 0 Å². The van der Waals surface area contributed by atoms with Gasteiger partial charge in [0.15, 0.2) is 5.96 Å². The molecule has 3 unspecified atom stereocenters. The molecule has 0 saturated carbocycles. The normalized spacial score (nSPS) is 26.4. The van der Waals surface area contributed by atoms with Crippen LogP contribution in [0.1, 0.15) is 19.3 Å². The molecule has 2 saturated heterocycles. The summed E-state index contributed by atoms with van der Waals surface area (Å²) < 4.78 is 5.85. The van der Waals surface area contributed by atoms with Crippen LogP contribution in [0.25, 0.3) is 0 Å². The van der Waals surface area contributed by atoms with E-state index in [2.05, 4.69) is 25.9 Å². The van der Waals surface area contributed by atoms with Crippen LogP contribution in [0.15, 0.2) is 29.4 Å². The number of guanidine groups is 1. The van der Waals surface area contributed by atoms with Crippen LogP contribution in [0.2, 0.25) is 0 Å². The monoisotopic (exact) mass is 417 g/mol. The summed E-state index contributed by atoms with van der Waals surface area (Å²) in [6.45, 7) is 1.59. The molecule has 3 rings (SSSR count). The highest BCUT2D eigenvalue weighted by Crippen LogP contribution is 2.34. The third kappa shape index (κ3) is 4.45. The Labute approximate surface area is 148 Å². The lowest BCUT2D eigenvalue weighted by molar-refractivity contribution is 0.0992. The zero-order valence-corrected chi connectivity index (χ0v) is 15.1. The van der Waals surface area contributed by atoms with Crippen LogP contribution in [0.5, 0.6) is 0 Å². The average molecular weight is 417 g/mol. The third-order valence-corrected chi connectivity index (χ3v) is 4.04. The van der Waals surface area contributed by atoms with E-state index in [9.17, 15) is 0 Å². The Bertz CT molecular complexity index is 484. The molecule has 0 amide bonds. The van der Waals surface area contributed by atoms with Gasteiger partial charge in [-0.15, -0.1) is 24.0 Å². The molecule has 122 valence electrons. The average Bonchev–Trinajstić information content (AvgIpc) is 3.14. The van der Waals surface area contributed by atoms with Gasteiger partial charge < -0.3 is 20.7 Å². The van der Waals surface area contributed by atoms with Crippen LogP contribution in [0.4, 0.5) is 5.82 Å². The number of ether oxygens (including phenoxy) is 1. The summed E-state index contributed by atoms with van der Waals surface area (Å²) in [7, 11) is 1.80. The Hall–Kier alpha value is -1.09. The number of hydrogen-bond donors (Lipinski definition) is 3. The molecule has 7 heteroatoms. The summed E-state index contributed by atoms with van der Waals surface area (Å²) in [5, 5.41) is 10.0. The van der Waals surface area contributed by atoms with Crippen molar-refractivity contribution in [1.29, 1.82) is 0 Å². The van der Waals surface area contributed by atoms with Crippen molar-refractivity contribution in [3.8, 4) is 0 Å². The summed E-state index contributed by atoms with van der Waals surface area (Å²) in [4.78, 5) is 8.50. The summed E-state index contributed by atoms with van der Waals surface area (Å²) in [6, 6.07) is 6.24. The van der Waals surface area contributed by atoms with E-state index in [1.165, 1.54) is 12.8 Å². The van der Waals surface area contributed by atoms with E-state index in [0.29, 0.717) is 18.2 Å². The van der Waals surface area contributed by atoms with E-state index in [-0.39, 0.29) is 24.0 Å². The van der Waals surface area contributed by atoms with Crippen LogP contribution >= 0.6 is 24.0 Å². The van der Waals surface area contributed by atoms with Crippen molar-refractivity contribution in [3.05, 3.63) is 24.4 Å². The van der Waals surface area contributed by atoms with E-state index in [1.807, 2.05) is 18.2 Å². The summed E-state index contributed by atoms with van der Waals surface area (Å²) >= 11 is 0. The molecule has 2 aliphatic rings. The highest BCUT2D eigenvalue weighted by atomic mass is 127. The van der Waals surface area contributed by atoms with Crippen LogP contribution in [0, 0.1) is 0 Å². The molecule has 3 atom stereocenters. The fraction of sp³-hybridized carbons (Fsp3) is 0.600. The second-order valence-electron chi connectivity index (χ2n) is 5.50. The number of rotatable bonds is 5. The van der Waals surface area contributed by atoms with Gasteiger partial charge in [-0.1, -0.05) is 6.07 Å². The van der Waals surface area contributed by atoms with Gasteiger partial charge in [-0.3, -0.25) is 4.99 Å². The first kappa shape index (κ1) is 17.3. The van der Waals surface area contributed by atoms with Crippen molar-refractivity contribution in [3.63, 3.8) is 0 Å². The maximum Gasteiger partial charge on any atom is 0.191 e. The lowest BCUT2D eigenvalue weighted by Gasteiger charge is -2.22. The van der Waals surface area contributed by atoms with Crippen LogP contribution in [-0.2, 0) is 4.74 Å². The molecular formula is C15H24IN5O. The minimum atomic E-state index is 0. The molecule has 3 N–H and O–H groups in total. The Balaban J connectivity index is 0.00000176. The molecule has 0 radical (unpaired) electrons. The van der Waals surface area contributed by atoms with Gasteiger partial charge in [0, 0.05) is 26.3 Å². The Morgan fingerprint density at radius 3 is 2.91 bits per heavy atom. The highest BCUT2D eigenvalue weighted by molar-refractivity contribution is 14.0. The molecular weight excluding hydrogens is 393 g/mol. The number of hydrogen-bond acceptors (Lipinski definition) is 4. The Kier molecular flexibility index (Phi) is 6.69. The summed E-state index contributed by atoms with van der Waals surface area (Å²) in [6.07, 6.45) is 6.07. The van der Waals surface area contributed by atoms with Crippen LogP contribution in [0.3, 0.4) is 0 Å². The van der Waals surface area contributed by atoms with Crippen LogP contribution in [-0.4, -0.2) is 49.3 Å². The van der Waals surface area contributed by atoms with E-state index >= 15 is 0 Å². The van der Waals surface area contributed by atoms with Crippen molar-refractivity contribution >= 4 is 35.8 Å². The van der Waals surface area contributed by atoms with Crippen LogP contribution < -0.4 is 16.0 Å². The number of nitrogens with zero attached hydrogens (tertiary/aromatic N) is 2. The molecule has 2 bridgehead atoms. The molecule has 6 nitrogen and oxygen atoms in total. The van der Waals surface area contributed by atoms with Gasteiger partial charge >= 0.3 is 0 Å². The fourth-order valence-electron chi connectivity index (χ4n) is 3.00. The fourth-order valence-corrected chi connectivity index (χ4v) is 3.00. The molecule has 0 aliphatic carbocycles. The lowest BCUT2D eigenvalue weighted by Crippen LogP contribution is -2.48. The Morgan fingerprint density at radius 2 is 2.27 bits per heavy atom. The van der Waals surface area contributed by atoms with Gasteiger partial charge in [0.2, 0.25) is 0 Å². The number of halogens is 1. The van der Waals surface area contributed by atoms with Gasteiger partial charge in [-0.25, -0.2) is 4.98 Å². The van der Waals surface area contributed by atoms with Gasteiger partial charge in [0.1, 0.15) is 5.82 Å². The smallest absolute Gasteiger partial charge is 0.191 e. The number of anilines is 1. The molecule has 0 aromatic carbocycles. The maximum absolute atomic E-state index is 5.85. The molecule has 2 aliphatic heterocycles. The standard InChI is InChI=1S/C15H23N5O.HI/c1-16-15(20-12-10-11-5-6-13(12)21-11)19-9-8-18-14-4-2-3-7-17-14;/h2-4,7,11-13H,5-6,8-10H2,1H3,(H,17,18)(H2,16,19,20);1H. The number of aliphatic imine (C=N–C) groups is 1. The lowest BCUT2D eigenvalue weighted by atomic mass is 9.96. The zero-order chi connectivity index (χ0) is 14.5. The SMILES string of the molecule is CN=C(NCCNc1ccccn1)NC1CC2CCC1O2.I. The first-order valence-corrected chi connectivity index (χ1v) is 7.62. The van der Waals surface area contributed by atoms with Gasteiger partial charge in [0.05, 0.1) is 18.2 Å². The number of fused-ring (bicyclic) bond motifs is 2. The molecule has 1 aromatic heterocycles. The molecule has 0 spiro atoms. The molecule has 3 heterocycles. The summed E-state index contributed by atoms with van der Waals surface area (Å²) in [5.74, 6) is 1.74. The van der Waals surface area contributed by atoms with Crippen molar-refractivity contribution in [2.24, 2.45) is 4.99 Å². The second-order valence-corrected chi connectivity index (χ2v) is 5.50. The second kappa shape index (κ2) is 8.52. The third-order valence-electron chi connectivity index (χ3n) is 4.04. The topological polar surface area (TPSA) is 70.6 Å². The number of pyridine rings is 1. The minimum Gasteiger partial charge on any atom is -0.373 e. The number of nitrogens with one attached hydrogen (secondary N) is 3. The predicted molar refractivity (Wildman–Crippen MR) is 98.9 cm³/mol. The van der Waals surface area contributed by atoms with E-state index in [0.717, 1.165) is 31.3 Å². The predicted octanol–water partition coefficient (Wildman–Crippen LogP) is 1.60. The molecule has 2 fully saturated rings. The quantitative estimate of drug-likeness (QED) is 0.294. The zero-order valence-electron chi connectivity index (χ0n) is 12.8. The number of aromatic nitrogens is 1. The first-order valence-electron chi connectivity index (χ1n) is 7.62. The molecule has 1 aromatic rings. The summed E-state index contributed by atoms with van der Waals surface area (Å²) in [5.41, 5.74) is 0. The van der Waals surface area contributed by atoms with Gasteiger partial charge in [0.25, 0.3) is 0 Å². The maximum atomic E-state index is 5.85. The van der Waals surface area contributed by atoms with Crippen molar-refractivity contribution in [2.45, 2.75) is 37.5 Å². The minimum absolute atomic E-state index is 0. The van der Waals surface area contributed by atoms with Crippen molar-refractivity contribution in [2.75, 3.05) is 25.5 Å². The van der Waals surface area contributed by atoms with Crippen molar-refractivity contribution in [1.82, 2.24) is 15.6 Å². The van der Waals surface area contributed by atoms with E-state index in [4.69, 9.17) is 4.74 Å². The van der Waals surface area contributed by atoms with Gasteiger partial charge in [-0.05, 0) is 31.4 Å². The largest absolute Gasteiger partial charge is 0.373 e. The molecule has 22 heavy (non-hydrogen) atoms. The Morgan fingerprint density at radius 1 is 1.36 bits per heavy atom.